The minimum absolute atomic E-state index is 0.350. The van der Waals surface area contributed by atoms with E-state index >= 15 is 0 Å². The van der Waals surface area contributed by atoms with Crippen LogP contribution < -0.4 is 10.2 Å². The number of para-hydroxylation sites is 1. The Bertz CT molecular complexity index is 1630. The lowest BCUT2D eigenvalue weighted by atomic mass is 9.96. The molecule has 3 aromatic carbocycles. The molecule has 0 bridgehead atoms. The Kier molecular flexibility index (Phi) is 8.05. The van der Waals surface area contributed by atoms with E-state index in [4.69, 9.17) is 4.98 Å². The van der Waals surface area contributed by atoms with Crippen LogP contribution in [-0.4, -0.2) is 29.8 Å². The van der Waals surface area contributed by atoms with Crippen LogP contribution in [0.5, 0.6) is 0 Å². The van der Waals surface area contributed by atoms with Crippen LogP contribution in [0.25, 0.3) is 10.9 Å². The number of aliphatic imine (C=N–C) groups is 1. The maximum Gasteiger partial charge on any atom is 0.132 e. The molecule has 1 N–H and O–H groups in total. The topological polar surface area (TPSA) is 40.5 Å². The quantitative estimate of drug-likeness (QED) is 0.207. The normalized spacial score (nSPS) is 16.2. The SMILES string of the molecule is C=C(C)N=C(c1cc(F)cc(F)c1)c1ccc(NC2CCN(c3nc4ccccc4cc3CCC3CC3)CC2)cc1C. The molecule has 1 aliphatic heterocycles. The number of pyridine rings is 1. The van der Waals surface area contributed by atoms with Gasteiger partial charge in [0.1, 0.15) is 17.5 Å². The highest BCUT2D eigenvalue weighted by molar-refractivity contribution is 6.14. The minimum Gasteiger partial charge on any atom is -0.382 e. The van der Waals surface area contributed by atoms with Gasteiger partial charge in [-0.3, -0.25) is 4.99 Å². The van der Waals surface area contributed by atoms with E-state index < -0.39 is 11.6 Å². The number of nitrogens with zero attached hydrogens (tertiary/aromatic N) is 3. The number of allylic oxidation sites excluding steroid dienone is 1. The van der Waals surface area contributed by atoms with Gasteiger partial charge in [-0.2, -0.15) is 0 Å². The maximum atomic E-state index is 14.0. The van der Waals surface area contributed by atoms with Gasteiger partial charge in [0, 0.05) is 53.1 Å². The van der Waals surface area contributed by atoms with E-state index in [-0.39, 0.29) is 0 Å². The van der Waals surface area contributed by atoms with Crippen molar-refractivity contribution in [2.75, 3.05) is 23.3 Å². The molecule has 4 aromatic rings. The minimum atomic E-state index is -0.629. The summed E-state index contributed by atoms with van der Waals surface area (Å²) >= 11 is 0. The monoisotopic (exact) mass is 564 g/mol. The van der Waals surface area contributed by atoms with Crippen molar-refractivity contribution in [3.8, 4) is 0 Å². The number of nitrogens with one attached hydrogen (secondary N) is 1. The molecule has 0 unspecified atom stereocenters. The molecular formula is C36H38F2N4. The molecule has 0 spiro atoms. The molecule has 1 saturated heterocycles. The van der Waals surface area contributed by atoms with Crippen LogP contribution in [0.3, 0.4) is 0 Å². The Hall–Kier alpha value is -4.06. The van der Waals surface area contributed by atoms with Crippen molar-refractivity contribution < 1.29 is 8.78 Å². The molecule has 1 aromatic heterocycles. The number of aryl methyl sites for hydroxylation is 2. The summed E-state index contributed by atoms with van der Waals surface area (Å²) in [6, 6.07) is 20.7. The van der Waals surface area contributed by atoms with E-state index in [0.717, 1.165) is 72.5 Å². The first-order chi connectivity index (χ1) is 20.3. The highest BCUT2D eigenvalue weighted by Crippen LogP contribution is 2.36. The number of anilines is 2. The third-order valence-corrected chi connectivity index (χ3v) is 8.38. The van der Waals surface area contributed by atoms with Crippen molar-refractivity contribution in [1.29, 1.82) is 0 Å². The Balaban J connectivity index is 1.16. The number of rotatable bonds is 9. The highest BCUT2D eigenvalue weighted by atomic mass is 19.1. The second kappa shape index (κ2) is 12.0. The number of hydrogen-bond acceptors (Lipinski definition) is 4. The molecule has 0 radical (unpaired) electrons. The summed E-state index contributed by atoms with van der Waals surface area (Å²) < 4.78 is 28.1. The Morgan fingerprint density at radius 2 is 1.71 bits per heavy atom. The van der Waals surface area contributed by atoms with Gasteiger partial charge in [0.05, 0.1) is 11.2 Å². The van der Waals surface area contributed by atoms with E-state index in [9.17, 15) is 8.78 Å². The van der Waals surface area contributed by atoms with Crippen molar-refractivity contribution in [1.82, 2.24) is 4.98 Å². The molecule has 4 nitrogen and oxygen atoms in total. The molecular weight excluding hydrogens is 526 g/mol. The molecule has 6 heteroatoms. The van der Waals surface area contributed by atoms with Gasteiger partial charge in [-0.15, -0.1) is 0 Å². The van der Waals surface area contributed by atoms with Gasteiger partial charge in [0.2, 0.25) is 0 Å². The summed E-state index contributed by atoms with van der Waals surface area (Å²) in [4.78, 5) is 12.2. The third kappa shape index (κ3) is 6.53. The van der Waals surface area contributed by atoms with Crippen LogP contribution in [-0.2, 0) is 6.42 Å². The van der Waals surface area contributed by atoms with E-state index in [1.54, 1.807) is 6.92 Å². The lowest BCUT2D eigenvalue weighted by molar-refractivity contribution is 0.522. The van der Waals surface area contributed by atoms with Crippen LogP contribution in [0, 0.1) is 24.5 Å². The van der Waals surface area contributed by atoms with Crippen LogP contribution >= 0.6 is 0 Å². The number of aromatic nitrogens is 1. The average molecular weight is 565 g/mol. The van der Waals surface area contributed by atoms with Crippen LogP contribution in [0.15, 0.2) is 84.0 Å². The smallest absolute Gasteiger partial charge is 0.132 e. The summed E-state index contributed by atoms with van der Waals surface area (Å²) in [5, 5.41) is 4.95. The van der Waals surface area contributed by atoms with E-state index in [2.05, 4.69) is 58.2 Å². The van der Waals surface area contributed by atoms with Crippen molar-refractivity contribution in [3.63, 3.8) is 0 Å². The first kappa shape index (κ1) is 28.1. The molecule has 6 rings (SSSR count). The second-order valence-electron chi connectivity index (χ2n) is 11.9. The molecule has 2 heterocycles. The zero-order valence-corrected chi connectivity index (χ0v) is 24.5. The molecule has 42 heavy (non-hydrogen) atoms. The van der Waals surface area contributed by atoms with E-state index in [1.807, 2.05) is 19.1 Å². The summed E-state index contributed by atoms with van der Waals surface area (Å²) in [5.74, 6) is 0.796. The van der Waals surface area contributed by atoms with Crippen LogP contribution in [0.4, 0.5) is 20.3 Å². The molecule has 1 saturated carbocycles. The fraction of sp³-hybridized carbons (Fsp3) is 0.333. The van der Waals surface area contributed by atoms with Crippen LogP contribution in [0.2, 0.25) is 0 Å². The number of fused-ring (bicyclic) bond motifs is 1. The molecule has 2 aliphatic rings. The van der Waals surface area contributed by atoms with Crippen molar-refractivity contribution in [3.05, 3.63) is 113 Å². The van der Waals surface area contributed by atoms with Gasteiger partial charge in [0.25, 0.3) is 0 Å². The van der Waals surface area contributed by atoms with Gasteiger partial charge >= 0.3 is 0 Å². The molecule has 0 amide bonds. The first-order valence-corrected chi connectivity index (χ1v) is 15.0. The standard InChI is InChI=1S/C36H38F2N4/c1-23(2)39-35(28-20-29(37)22-30(38)21-28)33-13-12-32(18-24(33)3)40-31-14-16-42(17-15-31)36-27(11-10-25-8-9-25)19-26-6-4-5-7-34(26)41-36/h4-7,12-13,18-22,25,31,40H,1,8-11,14-17H2,2-3H3. The largest absolute Gasteiger partial charge is 0.382 e. The maximum absolute atomic E-state index is 14.0. The number of piperidine rings is 1. The zero-order valence-electron chi connectivity index (χ0n) is 24.5. The first-order valence-electron chi connectivity index (χ1n) is 15.0. The van der Waals surface area contributed by atoms with E-state index in [0.29, 0.717) is 23.0 Å². The van der Waals surface area contributed by atoms with Crippen molar-refractivity contribution >= 4 is 28.1 Å². The third-order valence-electron chi connectivity index (χ3n) is 8.38. The highest BCUT2D eigenvalue weighted by Gasteiger charge is 2.25. The van der Waals surface area contributed by atoms with Crippen LogP contribution in [0.1, 0.15) is 61.3 Å². The summed E-state index contributed by atoms with van der Waals surface area (Å²) in [6.45, 7) is 9.58. The Labute approximate surface area is 247 Å². The molecule has 2 fully saturated rings. The summed E-state index contributed by atoms with van der Waals surface area (Å²) in [6.07, 6.45) is 7.14. The summed E-state index contributed by atoms with van der Waals surface area (Å²) in [5.41, 5.74) is 6.75. The van der Waals surface area contributed by atoms with Crippen molar-refractivity contribution in [2.45, 2.75) is 58.4 Å². The molecule has 216 valence electrons. The Morgan fingerprint density at radius 1 is 0.976 bits per heavy atom. The predicted molar refractivity (Wildman–Crippen MR) is 170 cm³/mol. The predicted octanol–water partition coefficient (Wildman–Crippen LogP) is 8.62. The molecule has 1 aliphatic carbocycles. The van der Waals surface area contributed by atoms with Gasteiger partial charge in [-0.05, 0) is 93.0 Å². The lowest BCUT2D eigenvalue weighted by Crippen LogP contribution is -2.40. The second-order valence-corrected chi connectivity index (χ2v) is 11.9. The zero-order chi connectivity index (χ0) is 29.2. The van der Waals surface area contributed by atoms with Gasteiger partial charge in [0.15, 0.2) is 0 Å². The van der Waals surface area contributed by atoms with E-state index in [1.165, 1.54) is 42.3 Å². The average Bonchev–Trinajstić information content (AvgIpc) is 3.79. The Morgan fingerprint density at radius 3 is 2.40 bits per heavy atom. The fourth-order valence-corrected chi connectivity index (χ4v) is 6.03. The van der Waals surface area contributed by atoms with Gasteiger partial charge in [-0.25, -0.2) is 13.8 Å². The van der Waals surface area contributed by atoms with Gasteiger partial charge in [-0.1, -0.05) is 43.7 Å². The summed E-state index contributed by atoms with van der Waals surface area (Å²) in [7, 11) is 0. The number of halogens is 2. The number of benzene rings is 3. The van der Waals surface area contributed by atoms with Gasteiger partial charge < -0.3 is 10.2 Å². The fourth-order valence-electron chi connectivity index (χ4n) is 6.03. The number of hydrogen-bond donors (Lipinski definition) is 1. The molecule has 0 atom stereocenters. The van der Waals surface area contributed by atoms with Crippen molar-refractivity contribution in [2.24, 2.45) is 10.9 Å². The lowest BCUT2D eigenvalue weighted by Gasteiger charge is -2.35.